The van der Waals surface area contributed by atoms with Crippen LogP contribution in [-0.2, 0) is 4.79 Å². The van der Waals surface area contributed by atoms with E-state index in [0.29, 0.717) is 0 Å². The minimum Gasteiger partial charge on any atom is -0.326 e. The smallest absolute Gasteiger partial charge is 0.226 e. The fourth-order valence-corrected chi connectivity index (χ4v) is 2.75. The maximum Gasteiger partial charge on any atom is 0.226 e. The summed E-state index contributed by atoms with van der Waals surface area (Å²) in [5.74, 6) is 0.742. The van der Waals surface area contributed by atoms with Gasteiger partial charge in [0.1, 0.15) is 5.82 Å². The molecule has 0 atom stereocenters. The minimum atomic E-state index is -0.0385. The lowest BCUT2D eigenvalue weighted by atomic mass is 10.1. The number of nitrogens with one attached hydrogen (secondary N) is 2. The highest BCUT2D eigenvalue weighted by Crippen LogP contribution is 2.27. The molecular formula is C18H18N4OS. The Labute approximate surface area is 144 Å². The zero-order valence-corrected chi connectivity index (χ0v) is 14.3. The predicted octanol–water partition coefficient (Wildman–Crippen LogP) is 4.54. The summed E-state index contributed by atoms with van der Waals surface area (Å²) >= 11 is 1.53. The molecule has 0 unspecified atom stereocenters. The van der Waals surface area contributed by atoms with E-state index in [1.54, 1.807) is 6.20 Å². The minimum absolute atomic E-state index is 0.0123. The summed E-state index contributed by atoms with van der Waals surface area (Å²) in [6.07, 6.45) is 1.74. The Morgan fingerprint density at radius 1 is 1.12 bits per heavy atom. The topological polar surface area (TPSA) is 66.9 Å². The molecule has 1 aromatic carbocycles. The SMILES string of the molecule is CC(C)C(=O)Nc1ccc(-c2csc(Nc3ccccn3)n2)cc1. The molecule has 0 saturated carbocycles. The van der Waals surface area contributed by atoms with E-state index >= 15 is 0 Å². The summed E-state index contributed by atoms with van der Waals surface area (Å²) in [5.41, 5.74) is 2.68. The molecule has 3 rings (SSSR count). The summed E-state index contributed by atoms with van der Waals surface area (Å²) in [7, 11) is 0. The Hall–Kier alpha value is -2.73. The molecule has 0 aliphatic heterocycles. The van der Waals surface area contributed by atoms with Gasteiger partial charge in [0.15, 0.2) is 5.13 Å². The molecule has 6 heteroatoms. The molecule has 0 aliphatic carbocycles. The van der Waals surface area contributed by atoms with Crippen molar-refractivity contribution >= 4 is 33.9 Å². The van der Waals surface area contributed by atoms with Crippen molar-refractivity contribution < 1.29 is 4.79 Å². The molecule has 0 saturated heterocycles. The molecule has 5 nitrogen and oxygen atoms in total. The number of benzene rings is 1. The fourth-order valence-electron chi connectivity index (χ4n) is 2.02. The molecule has 1 amide bonds. The molecule has 0 fully saturated rings. The summed E-state index contributed by atoms with van der Waals surface area (Å²) in [6.45, 7) is 3.74. The average Bonchev–Trinajstić information content (AvgIpc) is 3.05. The van der Waals surface area contributed by atoms with Gasteiger partial charge in [-0.2, -0.15) is 0 Å². The second-order valence-electron chi connectivity index (χ2n) is 5.60. The monoisotopic (exact) mass is 338 g/mol. The average molecular weight is 338 g/mol. The van der Waals surface area contributed by atoms with Crippen LogP contribution in [-0.4, -0.2) is 15.9 Å². The van der Waals surface area contributed by atoms with Crippen LogP contribution >= 0.6 is 11.3 Å². The third kappa shape index (κ3) is 3.97. The number of rotatable bonds is 5. The summed E-state index contributed by atoms with van der Waals surface area (Å²) in [4.78, 5) is 20.5. The van der Waals surface area contributed by atoms with Crippen LogP contribution in [0.15, 0.2) is 54.0 Å². The van der Waals surface area contributed by atoms with Crippen molar-refractivity contribution in [1.82, 2.24) is 9.97 Å². The maximum absolute atomic E-state index is 11.7. The number of aromatic nitrogens is 2. The van der Waals surface area contributed by atoms with Crippen molar-refractivity contribution in [2.75, 3.05) is 10.6 Å². The van der Waals surface area contributed by atoms with E-state index in [1.165, 1.54) is 11.3 Å². The molecule has 122 valence electrons. The van der Waals surface area contributed by atoms with Crippen LogP contribution in [0.3, 0.4) is 0 Å². The van der Waals surface area contributed by atoms with E-state index in [0.717, 1.165) is 27.9 Å². The lowest BCUT2D eigenvalue weighted by Crippen LogP contribution is -2.17. The number of hydrogen-bond donors (Lipinski definition) is 2. The first-order chi connectivity index (χ1) is 11.6. The van der Waals surface area contributed by atoms with Crippen molar-refractivity contribution in [3.63, 3.8) is 0 Å². The van der Waals surface area contributed by atoms with Gasteiger partial charge >= 0.3 is 0 Å². The quantitative estimate of drug-likeness (QED) is 0.716. The molecule has 2 aromatic heterocycles. The van der Waals surface area contributed by atoms with Gasteiger partial charge in [0.2, 0.25) is 5.91 Å². The molecule has 0 radical (unpaired) electrons. The van der Waals surface area contributed by atoms with Crippen molar-refractivity contribution in [3.8, 4) is 11.3 Å². The number of hydrogen-bond acceptors (Lipinski definition) is 5. The van der Waals surface area contributed by atoms with Gasteiger partial charge < -0.3 is 10.6 Å². The number of carbonyl (C=O) groups excluding carboxylic acids is 1. The molecular weight excluding hydrogens is 320 g/mol. The molecule has 0 bridgehead atoms. The highest BCUT2D eigenvalue weighted by atomic mass is 32.1. The van der Waals surface area contributed by atoms with E-state index in [2.05, 4.69) is 20.6 Å². The van der Waals surface area contributed by atoms with Crippen LogP contribution < -0.4 is 10.6 Å². The van der Waals surface area contributed by atoms with Crippen molar-refractivity contribution in [2.24, 2.45) is 5.92 Å². The first-order valence-corrected chi connectivity index (χ1v) is 8.54. The first kappa shape index (κ1) is 16.1. The van der Waals surface area contributed by atoms with Crippen molar-refractivity contribution in [3.05, 3.63) is 54.0 Å². The Balaban J connectivity index is 1.70. The van der Waals surface area contributed by atoms with Crippen molar-refractivity contribution in [1.29, 1.82) is 0 Å². The normalized spacial score (nSPS) is 10.6. The third-order valence-electron chi connectivity index (χ3n) is 3.38. The summed E-state index contributed by atoms with van der Waals surface area (Å²) in [6, 6.07) is 13.4. The van der Waals surface area contributed by atoms with Gasteiger partial charge in [0.05, 0.1) is 5.69 Å². The highest BCUT2D eigenvalue weighted by molar-refractivity contribution is 7.14. The van der Waals surface area contributed by atoms with Crippen LogP contribution in [0.4, 0.5) is 16.6 Å². The molecule has 3 aromatic rings. The van der Waals surface area contributed by atoms with Gasteiger partial charge in [0.25, 0.3) is 0 Å². The number of nitrogens with zero attached hydrogens (tertiary/aromatic N) is 2. The zero-order chi connectivity index (χ0) is 16.9. The molecule has 2 N–H and O–H groups in total. The molecule has 0 spiro atoms. The van der Waals surface area contributed by atoms with Crippen LogP contribution in [0.2, 0.25) is 0 Å². The number of anilines is 3. The van der Waals surface area contributed by atoms with E-state index in [4.69, 9.17) is 0 Å². The predicted molar refractivity (Wildman–Crippen MR) is 98.5 cm³/mol. The number of amides is 1. The van der Waals surface area contributed by atoms with Gasteiger partial charge in [-0.3, -0.25) is 4.79 Å². The van der Waals surface area contributed by atoms with Crippen LogP contribution in [0.1, 0.15) is 13.8 Å². The van der Waals surface area contributed by atoms with Gasteiger partial charge in [-0.15, -0.1) is 11.3 Å². The zero-order valence-electron chi connectivity index (χ0n) is 13.5. The van der Waals surface area contributed by atoms with E-state index in [9.17, 15) is 4.79 Å². The summed E-state index contributed by atoms with van der Waals surface area (Å²) in [5, 5.41) is 8.85. The van der Waals surface area contributed by atoms with Crippen LogP contribution in [0.5, 0.6) is 0 Å². The fraction of sp³-hybridized carbons (Fsp3) is 0.167. The lowest BCUT2D eigenvalue weighted by Gasteiger charge is -2.07. The van der Waals surface area contributed by atoms with E-state index in [-0.39, 0.29) is 11.8 Å². The second-order valence-corrected chi connectivity index (χ2v) is 6.46. The van der Waals surface area contributed by atoms with Gasteiger partial charge in [-0.1, -0.05) is 32.0 Å². The number of thiazole rings is 1. The maximum atomic E-state index is 11.7. The Kier molecular flexibility index (Phi) is 4.86. The van der Waals surface area contributed by atoms with Gasteiger partial charge in [-0.05, 0) is 24.3 Å². The summed E-state index contributed by atoms with van der Waals surface area (Å²) < 4.78 is 0. The third-order valence-corrected chi connectivity index (χ3v) is 4.13. The van der Waals surface area contributed by atoms with E-state index < -0.39 is 0 Å². The highest BCUT2D eigenvalue weighted by Gasteiger charge is 2.08. The van der Waals surface area contributed by atoms with Crippen LogP contribution in [0, 0.1) is 5.92 Å². The first-order valence-electron chi connectivity index (χ1n) is 7.67. The van der Waals surface area contributed by atoms with Gasteiger partial charge in [-0.25, -0.2) is 9.97 Å². The second kappa shape index (κ2) is 7.23. The van der Waals surface area contributed by atoms with E-state index in [1.807, 2.05) is 61.7 Å². The van der Waals surface area contributed by atoms with Crippen molar-refractivity contribution in [2.45, 2.75) is 13.8 Å². The lowest BCUT2D eigenvalue weighted by molar-refractivity contribution is -0.118. The molecule has 2 heterocycles. The standard InChI is InChI=1S/C18H18N4OS/c1-12(2)17(23)20-14-8-6-13(7-9-14)15-11-24-18(21-15)22-16-5-3-4-10-19-16/h3-12H,1-2H3,(H,20,23)(H,19,21,22). The number of carbonyl (C=O) groups is 1. The Morgan fingerprint density at radius 3 is 2.58 bits per heavy atom. The largest absolute Gasteiger partial charge is 0.326 e. The number of pyridine rings is 1. The van der Waals surface area contributed by atoms with Crippen LogP contribution in [0.25, 0.3) is 11.3 Å². The van der Waals surface area contributed by atoms with Gasteiger partial charge in [0, 0.05) is 28.7 Å². The molecule has 24 heavy (non-hydrogen) atoms. The Morgan fingerprint density at radius 2 is 1.92 bits per heavy atom. The Bertz CT molecular complexity index is 813. The molecule has 0 aliphatic rings.